The van der Waals surface area contributed by atoms with Gasteiger partial charge < -0.3 is 5.32 Å². The molecule has 0 fully saturated rings. The molecular formula is C16H17Br2N. The first-order valence-electron chi connectivity index (χ1n) is 6.40. The van der Waals surface area contributed by atoms with Crippen molar-refractivity contribution in [2.24, 2.45) is 0 Å². The molecule has 0 aliphatic rings. The molecule has 19 heavy (non-hydrogen) atoms. The van der Waals surface area contributed by atoms with Crippen LogP contribution in [0.4, 0.5) is 5.69 Å². The van der Waals surface area contributed by atoms with E-state index in [1.54, 1.807) is 0 Å². The summed E-state index contributed by atoms with van der Waals surface area (Å²) in [4.78, 5) is 0. The minimum absolute atomic E-state index is 0.572. The van der Waals surface area contributed by atoms with Crippen molar-refractivity contribution >= 4 is 37.5 Å². The molecule has 0 bridgehead atoms. The Morgan fingerprint density at radius 2 is 1.79 bits per heavy atom. The first-order valence-corrected chi connectivity index (χ1v) is 7.99. The average molecular weight is 383 g/mol. The summed E-state index contributed by atoms with van der Waals surface area (Å²) in [5.74, 6) is 0.572. The molecule has 2 aromatic carbocycles. The molecule has 3 heteroatoms. The van der Waals surface area contributed by atoms with Crippen LogP contribution in [0.3, 0.4) is 0 Å². The van der Waals surface area contributed by atoms with Gasteiger partial charge in [-0.15, -0.1) is 0 Å². The second kappa shape index (κ2) is 7.11. The average Bonchev–Trinajstić information content (AvgIpc) is 2.42. The summed E-state index contributed by atoms with van der Waals surface area (Å²) in [5.41, 5.74) is 2.54. The molecule has 0 heterocycles. The summed E-state index contributed by atoms with van der Waals surface area (Å²) in [7, 11) is 0. The van der Waals surface area contributed by atoms with Gasteiger partial charge in [0.2, 0.25) is 0 Å². The zero-order valence-corrected chi connectivity index (χ0v) is 14.0. The Balaban J connectivity index is 1.86. The lowest BCUT2D eigenvalue weighted by Crippen LogP contribution is -2.06. The molecule has 0 saturated heterocycles. The monoisotopic (exact) mass is 381 g/mol. The van der Waals surface area contributed by atoms with E-state index >= 15 is 0 Å². The van der Waals surface area contributed by atoms with Gasteiger partial charge in [0, 0.05) is 21.2 Å². The third-order valence-electron chi connectivity index (χ3n) is 3.19. The van der Waals surface area contributed by atoms with E-state index in [0.717, 1.165) is 27.6 Å². The minimum atomic E-state index is 0.572. The first kappa shape index (κ1) is 14.6. The van der Waals surface area contributed by atoms with Crippen LogP contribution in [0.25, 0.3) is 0 Å². The molecule has 0 aliphatic carbocycles. The lowest BCUT2D eigenvalue weighted by Gasteiger charge is -2.14. The van der Waals surface area contributed by atoms with Crippen molar-refractivity contribution in [3.8, 4) is 0 Å². The second-order valence-electron chi connectivity index (χ2n) is 4.65. The molecule has 2 aromatic rings. The molecule has 1 unspecified atom stereocenters. The van der Waals surface area contributed by atoms with E-state index in [0.29, 0.717) is 5.92 Å². The molecule has 0 saturated carbocycles. The largest absolute Gasteiger partial charge is 0.384 e. The lowest BCUT2D eigenvalue weighted by molar-refractivity contribution is 0.706. The van der Waals surface area contributed by atoms with E-state index < -0.39 is 0 Å². The number of hydrogen-bond acceptors (Lipinski definition) is 1. The molecule has 100 valence electrons. The fraction of sp³-hybridized carbons (Fsp3) is 0.250. The summed E-state index contributed by atoms with van der Waals surface area (Å²) in [6, 6.07) is 16.8. The van der Waals surface area contributed by atoms with Crippen molar-refractivity contribution in [1.29, 1.82) is 0 Å². The highest BCUT2D eigenvalue weighted by atomic mass is 79.9. The molecule has 0 aromatic heterocycles. The highest BCUT2D eigenvalue weighted by Gasteiger charge is 2.05. The molecule has 1 nitrogen and oxygen atoms in total. The lowest BCUT2D eigenvalue weighted by atomic mass is 9.98. The number of anilines is 1. The van der Waals surface area contributed by atoms with Gasteiger partial charge in [0.25, 0.3) is 0 Å². The van der Waals surface area contributed by atoms with Gasteiger partial charge >= 0.3 is 0 Å². The fourth-order valence-corrected chi connectivity index (χ4v) is 3.19. The van der Waals surface area contributed by atoms with Crippen LogP contribution >= 0.6 is 31.9 Å². The maximum atomic E-state index is 3.57. The zero-order chi connectivity index (χ0) is 13.7. The number of hydrogen-bond donors (Lipinski definition) is 1. The second-order valence-corrected chi connectivity index (χ2v) is 6.42. The first-order chi connectivity index (χ1) is 9.16. The van der Waals surface area contributed by atoms with E-state index in [2.05, 4.69) is 86.6 Å². The quantitative estimate of drug-likeness (QED) is 0.687. The van der Waals surface area contributed by atoms with Crippen molar-refractivity contribution in [2.75, 3.05) is 11.9 Å². The van der Waals surface area contributed by atoms with Gasteiger partial charge in [-0.2, -0.15) is 0 Å². The topological polar surface area (TPSA) is 12.0 Å². The van der Waals surface area contributed by atoms with Crippen LogP contribution in [-0.2, 0) is 0 Å². The van der Waals surface area contributed by atoms with E-state index in [4.69, 9.17) is 0 Å². The normalized spacial score (nSPS) is 12.2. The number of benzene rings is 2. The Morgan fingerprint density at radius 3 is 2.47 bits per heavy atom. The van der Waals surface area contributed by atoms with Crippen LogP contribution in [0.1, 0.15) is 24.8 Å². The maximum Gasteiger partial charge on any atom is 0.0485 e. The minimum Gasteiger partial charge on any atom is -0.384 e. The highest BCUT2D eigenvalue weighted by Crippen LogP contribution is 2.26. The van der Waals surface area contributed by atoms with Gasteiger partial charge in [0.05, 0.1) is 0 Å². The summed E-state index contributed by atoms with van der Waals surface area (Å²) in [6.07, 6.45) is 1.12. The van der Waals surface area contributed by atoms with Crippen LogP contribution in [0.2, 0.25) is 0 Å². The predicted octanol–water partition coefficient (Wildman–Crippen LogP) is 5.82. The Morgan fingerprint density at radius 1 is 1.05 bits per heavy atom. The standard InChI is InChI=1S/C16H17Br2N/c1-12(13-5-3-2-4-6-13)9-10-19-16-8-7-14(17)11-15(16)18/h2-8,11-12,19H,9-10H2,1H3. The van der Waals surface area contributed by atoms with Crippen LogP contribution in [-0.4, -0.2) is 6.54 Å². The molecule has 0 amide bonds. The van der Waals surface area contributed by atoms with Gasteiger partial charge in [-0.25, -0.2) is 0 Å². The van der Waals surface area contributed by atoms with E-state index in [-0.39, 0.29) is 0 Å². The molecule has 2 rings (SSSR count). The van der Waals surface area contributed by atoms with Crippen molar-refractivity contribution in [3.05, 3.63) is 63.0 Å². The van der Waals surface area contributed by atoms with E-state index in [9.17, 15) is 0 Å². The molecule has 0 aliphatic heterocycles. The van der Waals surface area contributed by atoms with Crippen LogP contribution in [0, 0.1) is 0 Å². The van der Waals surface area contributed by atoms with Crippen LogP contribution < -0.4 is 5.32 Å². The van der Waals surface area contributed by atoms with Crippen molar-refractivity contribution < 1.29 is 0 Å². The van der Waals surface area contributed by atoms with Crippen molar-refractivity contribution in [2.45, 2.75) is 19.3 Å². The Labute approximate surface area is 131 Å². The van der Waals surface area contributed by atoms with Crippen molar-refractivity contribution in [3.63, 3.8) is 0 Å². The maximum absolute atomic E-state index is 3.57. The van der Waals surface area contributed by atoms with Gasteiger partial charge in [-0.1, -0.05) is 53.2 Å². The predicted molar refractivity (Wildman–Crippen MR) is 89.8 cm³/mol. The Bertz CT molecular complexity index is 526. The smallest absolute Gasteiger partial charge is 0.0485 e. The molecular weight excluding hydrogens is 366 g/mol. The fourth-order valence-electron chi connectivity index (χ4n) is 2.00. The van der Waals surface area contributed by atoms with Gasteiger partial charge in [-0.05, 0) is 52.0 Å². The summed E-state index contributed by atoms with van der Waals surface area (Å²) in [5, 5.41) is 3.47. The Kier molecular flexibility index (Phi) is 5.46. The van der Waals surface area contributed by atoms with E-state index in [1.807, 2.05) is 6.07 Å². The van der Waals surface area contributed by atoms with E-state index in [1.165, 1.54) is 5.56 Å². The number of nitrogens with one attached hydrogen (secondary N) is 1. The zero-order valence-electron chi connectivity index (χ0n) is 10.9. The third kappa shape index (κ3) is 4.36. The van der Waals surface area contributed by atoms with Crippen molar-refractivity contribution in [1.82, 2.24) is 0 Å². The molecule has 1 N–H and O–H groups in total. The summed E-state index contributed by atoms with van der Waals surface area (Å²) < 4.78 is 2.18. The SMILES string of the molecule is CC(CCNc1ccc(Br)cc1Br)c1ccccc1. The highest BCUT2D eigenvalue weighted by molar-refractivity contribution is 9.11. The number of halogens is 2. The van der Waals surface area contributed by atoms with Gasteiger partial charge in [-0.3, -0.25) is 0 Å². The summed E-state index contributed by atoms with van der Waals surface area (Å²) in [6.45, 7) is 3.24. The molecule has 0 spiro atoms. The van der Waals surface area contributed by atoms with Crippen LogP contribution in [0.15, 0.2) is 57.5 Å². The molecule has 1 atom stereocenters. The molecule has 0 radical (unpaired) electrons. The number of rotatable bonds is 5. The summed E-state index contributed by atoms with van der Waals surface area (Å²) >= 11 is 7.03. The van der Waals surface area contributed by atoms with Gasteiger partial charge in [0.15, 0.2) is 0 Å². The van der Waals surface area contributed by atoms with Gasteiger partial charge in [0.1, 0.15) is 0 Å². The Hall–Kier alpha value is -0.800. The third-order valence-corrected chi connectivity index (χ3v) is 4.34. The van der Waals surface area contributed by atoms with Crippen LogP contribution in [0.5, 0.6) is 0 Å².